The molecule has 0 aliphatic carbocycles. The molecule has 1 fully saturated rings. The van der Waals surface area contributed by atoms with Gasteiger partial charge in [-0.05, 0) is 39.2 Å². The first-order valence-corrected chi connectivity index (χ1v) is 8.28. The summed E-state index contributed by atoms with van der Waals surface area (Å²) in [5.74, 6) is 0.811. The molecule has 0 radical (unpaired) electrons. The predicted octanol–water partition coefficient (Wildman–Crippen LogP) is 3.67. The van der Waals surface area contributed by atoms with Gasteiger partial charge in [0.15, 0.2) is 0 Å². The van der Waals surface area contributed by atoms with Crippen molar-refractivity contribution in [1.82, 2.24) is 10.6 Å². The maximum atomic E-state index is 12.2. The van der Waals surface area contributed by atoms with Crippen LogP contribution in [0.2, 0.25) is 0 Å². The van der Waals surface area contributed by atoms with E-state index < -0.39 is 0 Å². The summed E-state index contributed by atoms with van der Waals surface area (Å²) in [7, 11) is 0. The van der Waals surface area contributed by atoms with E-state index in [0.717, 1.165) is 48.2 Å². The van der Waals surface area contributed by atoms with Crippen LogP contribution in [0, 0.1) is 6.92 Å². The third-order valence-electron chi connectivity index (χ3n) is 4.41. The van der Waals surface area contributed by atoms with Crippen LogP contribution in [-0.4, -0.2) is 25.3 Å². The molecular formula is C18H24N2O3. The molecule has 124 valence electrons. The predicted molar refractivity (Wildman–Crippen MR) is 89.5 cm³/mol. The first-order chi connectivity index (χ1) is 11.1. The summed E-state index contributed by atoms with van der Waals surface area (Å²) in [5, 5.41) is 7.12. The summed E-state index contributed by atoms with van der Waals surface area (Å²) in [5.41, 5.74) is 1.94. The van der Waals surface area contributed by atoms with Crippen molar-refractivity contribution in [1.29, 1.82) is 0 Å². The number of hydrogen-bond acceptors (Lipinski definition) is 3. The molecule has 1 saturated heterocycles. The molecule has 5 heteroatoms. The number of hydrogen-bond donors (Lipinski definition) is 2. The van der Waals surface area contributed by atoms with E-state index in [1.807, 2.05) is 38.1 Å². The SMILES string of the molecule is Cc1c(C(C)NC(=O)NC2CCCOCC2)oc2ccccc12. The Hall–Kier alpha value is -2.01. The van der Waals surface area contributed by atoms with Crippen molar-refractivity contribution in [3.63, 3.8) is 0 Å². The summed E-state index contributed by atoms with van der Waals surface area (Å²) >= 11 is 0. The Bertz CT molecular complexity index is 672. The maximum absolute atomic E-state index is 12.2. The molecule has 2 unspecified atom stereocenters. The number of amides is 2. The fraction of sp³-hybridized carbons (Fsp3) is 0.500. The van der Waals surface area contributed by atoms with Gasteiger partial charge in [-0.3, -0.25) is 0 Å². The number of carbonyl (C=O) groups is 1. The van der Waals surface area contributed by atoms with Crippen LogP contribution in [-0.2, 0) is 4.74 Å². The zero-order valence-corrected chi connectivity index (χ0v) is 13.7. The lowest BCUT2D eigenvalue weighted by molar-refractivity contribution is 0.142. The van der Waals surface area contributed by atoms with E-state index in [1.54, 1.807) is 0 Å². The van der Waals surface area contributed by atoms with Gasteiger partial charge in [-0.2, -0.15) is 0 Å². The van der Waals surface area contributed by atoms with Gasteiger partial charge in [-0.15, -0.1) is 0 Å². The molecule has 3 rings (SSSR count). The quantitative estimate of drug-likeness (QED) is 0.908. The summed E-state index contributed by atoms with van der Waals surface area (Å²) < 4.78 is 11.3. The first kappa shape index (κ1) is 15.9. The Kier molecular flexibility index (Phi) is 4.86. The minimum atomic E-state index is -0.176. The zero-order valence-electron chi connectivity index (χ0n) is 13.7. The Labute approximate surface area is 136 Å². The maximum Gasteiger partial charge on any atom is 0.315 e. The molecule has 1 aliphatic heterocycles. The van der Waals surface area contributed by atoms with Gasteiger partial charge < -0.3 is 19.8 Å². The lowest BCUT2D eigenvalue weighted by Gasteiger charge is -2.18. The summed E-state index contributed by atoms with van der Waals surface area (Å²) in [6, 6.07) is 7.79. The van der Waals surface area contributed by atoms with Crippen LogP contribution >= 0.6 is 0 Å². The first-order valence-electron chi connectivity index (χ1n) is 8.28. The molecule has 2 atom stereocenters. The molecule has 1 aliphatic rings. The summed E-state index contributed by atoms with van der Waals surface area (Å²) in [6.45, 7) is 5.47. The second kappa shape index (κ2) is 7.04. The number of benzene rings is 1. The summed E-state index contributed by atoms with van der Waals surface area (Å²) in [6.07, 6.45) is 2.82. The molecule has 0 spiro atoms. The summed E-state index contributed by atoms with van der Waals surface area (Å²) in [4.78, 5) is 12.2. The zero-order chi connectivity index (χ0) is 16.2. The van der Waals surface area contributed by atoms with Gasteiger partial charge >= 0.3 is 6.03 Å². The molecule has 2 heterocycles. The highest BCUT2D eigenvalue weighted by Gasteiger charge is 2.20. The topological polar surface area (TPSA) is 63.5 Å². The van der Waals surface area contributed by atoms with E-state index >= 15 is 0 Å². The number of furan rings is 1. The number of urea groups is 1. The average Bonchev–Trinajstić information content (AvgIpc) is 2.71. The second-order valence-electron chi connectivity index (χ2n) is 6.17. The van der Waals surface area contributed by atoms with E-state index in [4.69, 9.17) is 9.15 Å². The van der Waals surface area contributed by atoms with Crippen LogP contribution in [0.1, 0.15) is 43.6 Å². The van der Waals surface area contributed by atoms with Gasteiger partial charge in [0.1, 0.15) is 11.3 Å². The number of fused-ring (bicyclic) bond motifs is 1. The molecule has 2 N–H and O–H groups in total. The number of nitrogens with one attached hydrogen (secondary N) is 2. The Morgan fingerprint density at radius 1 is 1.26 bits per heavy atom. The van der Waals surface area contributed by atoms with Crippen molar-refractivity contribution in [2.75, 3.05) is 13.2 Å². The molecule has 0 bridgehead atoms. The fourth-order valence-corrected chi connectivity index (χ4v) is 3.14. The molecule has 0 saturated carbocycles. The van der Waals surface area contributed by atoms with Crippen LogP contribution in [0.15, 0.2) is 28.7 Å². The smallest absolute Gasteiger partial charge is 0.315 e. The minimum Gasteiger partial charge on any atom is -0.459 e. The van der Waals surface area contributed by atoms with Crippen molar-refractivity contribution in [3.8, 4) is 0 Å². The standard InChI is InChI=1S/C18H24N2O3/c1-12-15-7-3-4-8-16(15)23-17(12)13(2)19-18(21)20-14-6-5-10-22-11-9-14/h3-4,7-8,13-14H,5-6,9-11H2,1-2H3,(H2,19,20,21). The molecule has 2 amide bonds. The van der Waals surface area contributed by atoms with Gasteiger partial charge in [-0.1, -0.05) is 18.2 Å². The van der Waals surface area contributed by atoms with Crippen molar-refractivity contribution >= 4 is 17.0 Å². The van der Waals surface area contributed by atoms with Crippen LogP contribution in [0.25, 0.3) is 11.0 Å². The van der Waals surface area contributed by atoms with Gasteiger partial charge in [-0.25, -0.2) is 4.79 Å². The fourth-order valence-electron chi connectivity index (χ4n) is 3.14. The second-order valence-corrected chi connectivity index (χ2v) is 6.17. The van der Waals surface area contributed by atoms with Gasteiger partial charge in [0.25, 0.3) is 0 Å². The van der Waals surface area contributed by atoms with E-state index in [-0.39, 0.29) is 18.1 Å². The van der Waals surface area contributed by atoms with Gasteiger partial charge in [0, 0.05) is 30.2 Å². The highest BCUT2D eigenvalue weighted by atomic mass is 16.5. The third kappa shape index (κ3) is 3.67. The van der Waals surface area contributed by atoms with E-state index in [2.05, 4.69) is 10.6 Å². The van der Waals surface area contributed by atoms with Crippen LogP contribution in [0.3, 0.4) is 0 Å². The van der Waals surface area contributed by atoms with E-state index in [9.17, 15) is 4.79 Å². The highest BCUT2D eigenvalue weighted by molar-refractivity contribution is 5.82. The Morgan fingerprint density at radius 3 is 2.91 bits per heavy atom. The molecule has 23 heavy (non-hydrogen) atoms. The number of rotatable bonds is 3. The minimum absolute atomic E-state index is 0.149. The van der Waals surface area contributed by atoms with Crippen LogP contribution < -0.4 is 10.6 Å². The van der Waals surface area contributed by atoms with E-state index in [1.165, 1.54) is 0 Å². The van der Waals surface area contributed by atoms with Gasteiger partial charge in [0.05, 0.1) is 6.04 Å². The molecule has 1 aromatic carbocycles. The van der Waals surface area contributed by atoms with E-state index in [0.29, 0.717) is 6.61 Å². The number of aryl methyl sites for hydroxylation is 1. The number of carbonyl (C=O) groups excluding carboxylic acids is 1. The molecule has 2 aromatic rings. The number of ether oxygens (including phenoxy) is 1. The highest BCUT2D eigenvalue weighted by Crippen LogP contribution is 2.29. The largest absolute Gasteiger partial charge is 0.459 e. The lowest BCUT2D eigenvalue weighted by atomic mass is 10.1. The van der Waals surface area contributed by atoms with Crippen LogP contribution in [0.5, 0.6) is 0 Å². The Balaban J connectivity index is 1.64. The van der Waals surface area contributed by atoms with Crippen molar-refractivity contribution in [2.45, 2.75) is 45.2 Å². The van der Waals surface area contributed by atoms with Crippen molar-refractivity contribution in [3.05, 3.63) is 35.6 Å². The molecule has 5 nitrogen and oxygen atoms in total. The Morgan fingerprint density at radius 2 is 2.09 bits per heavy atom. The van der Waals surface area contributed by atoms with Gasteiger partial charge in [0.2, 0.25) is 0 Å². The number of para-hydroxylation sites is 1. The van der Waals surface area contributed by atoms with Crippen LogP contribution in [0.4, 0.5) is 4.79 Å². The third-order valence-corrected chi connectivity index (χ3v) is 4.41. The monoisotopic (exact) mass is 316 g/mol. The lowest BCUT2D eigenvalue weighted by Crippen LogP contribution is -2.43. The van der Waals surface area contributed by atoms with Crippen molar-refractivity contribution in [2.24, 2.45) is 0 Å². The van der Waals surface area contributed by atoms with Crippen molar-refractivity contribution < 1.29 is 13.9 Å². The molecule has 1 aromatic heterocycles. The average molecular weight is 316 g/mol. The molecular weight excluding hydrogens is 292 g/mol. The normalized spacial score (nSPS) is 20.0.